The van der Waals surface area contributed by atoms with Crippen LogP contribution in [-0.4, -0.2) is 0 Å². The first-order valence-electron chi connectivity index (χ1n) is 5.08. The summed E-state index contributed by atoms with van der Waals surface area (Å²) in [4.78, 5) is 0. The van der Waals surface area contributed by atoms with Crippen LogP contribution in [0.1, 0.15) is 60.8 Å². The van der Waals surface area contributed by atoms with Crippen LogP contribution in [0.5, 0.6) is 0 Å². The third-order valence-electron chi connectivity index (χ3n) is 1.22. The number of hydrogen-bond donors (Lipinski definition) is 0. The fourth-order valence-electron chi connectivity index (χ4n) is 0. The Morgan fingerprint density at radius 3 is 0.600 bits per heavy atom. The van der Waals surface area contributed by atoms with Crippen LogP contribution in [0.4, 0.5) is 0 Å². The molecule has 0 aromatic carbocycles. The molecule has 0 rings (SSSR count). The average molecular weight is 438 g/mol. The van der Waals surface area contributed by atoms with Gasteiger partial charge in [-0.1, -0.05) is 20.8 Å². The van der Waals surface area contributed by atoms with Crippen molar-refractivity contribution in [3.05, 3.63) is 19.3 Å². The Kier molecular flexibility index (Phi) is 128. The van der Waals surface area contributed by atoms with E-state index in [9.17, 15) is 0 Å². The second-order valence-electron chi connectivity index (χ2n) is 2.45. The Morgan fingerprint density at radius 2 is 0.600 bits per heavy atom. The number of rotatable bonds is 3. The van der Waals surface area contributed by atoms with E-state index >= 15 is 0 Å². The predicted octanol–water partition coefficient (Wildman–Crippen LogP) is 4.85. The van der Waals surface area contributed by atoms with E-state index in [1.54, 1.807) is 0 Å². The van der Waals surface area contributed by atoms with Crippen molar-refractivity contribution < 1.29 is 98.1 Å². The normalized spacial score (nSPS) is 6.00. The quantitative estimate of drug-likeness (QED) is 0.553. The van der Waals surface area contributed by atoms with Crippen molar-refractivity contribution in [2.24, 2.45) is 0 Å². The van der Waals surface area contributed by atoms with Crippen LogP contribution in [0.25, 0.3) is 0 Å². The molecule has 87 valence electrons. The summed E-state index contributed by atoms with van der Waals surface area (Å²) in [5, 5.41) is 0. The maximum atomic E-state index is 2.12. The van der Waals surface area contributed by atoms with E-state index in [4.69, 9.17) is 0 Å². The van der Waals surface area contributed by atoms with Gasteiger partial charge < -0.3 is 19.3 Å². The molecule has 0 aliphatic carbocycles. The van der Waals surface area contributed by atoms with Crippen LogP contribution in [0.2, 0.25) is 0 Å². The molecule has 0 atom stereocenters. The van der Waals surface area contributed by atoms with Gasteiger partial charge in [-0.15, -0.1) is 0 Å². The molecule has 0 unspecified atom stereocenters. The molecule has 0 saturated heterocycles. The molecular weight excluding hydrogens is 411 g/mol. The summed E-state index contributed by atoms with van der Waals surface area (Å²) >= 11 is 0. The third kappa shape index (κ3) is 102. The van der Waals surface area contributed by atoms with E-state index in [0.29, 0.717) is 0 Å². The van der Waals surface area contributed by atoms with Gasteiger partial charge in [-0.3, -0.25) is 0 Å². The zero-order chi connectivity index (χ0) is 10.2. The van der Waals surface area contributed by atoms with Gasteiger partial charge in [0.1, 0.15) is 0 Å². The minimum Gasteiger partial charge on any atom is -0.332 e. The molecule has 0 aromatic heterocycles. The molecule has 0 bridgehead atoms. The van der Waals surface area contributed by atoms with E-state index in [0.717, 1.165) is 0 Å². The van der Waals surface area contributed by atoms with Crippen LogP contribution in [-0.2, 0) is 98.1 Å². The average Bonchev–Trinajstić information content (AvgIpc) is 2.18. The smallest absolute Gasteiger partial charge is 0 e. The molecule has 0 aliphatic rings. The van der Waals surface area contributed by atoms with Gasteiger partial charge in [-0.05, 0) is 0 Å². The molecule has 0 heterocycles. The topological polar surface area (TPSA) is 0 Å². The summed E-state index contributed by atoms with van der Waals surface area (Å²) in [7, 11) is 0. The molecule has 15 heavy (non-hydrogen) atoms. The molecular formula is C12H27Y3-3. The summed E-state index contributed by atoms with van der Waals surface area (Å²) in [6.45, 7) is 12.5. The molecule has 0 saturated carbocycles. The van der Waals surface area contributed by atoms with Crippen LogP contribution in [0, 0.1) is 19.3 Å². The van der Waals surface area contributed by atoms with Crippen molar-refractivity contribution in [1.82, 2.24) is 0 Å². The largest absolute Gasteiger partial charge is 0.332 e. The Bertz CT molecular complexity index is 26.3. The standard InChI is InChI=1S/3C4H9.3Y/c3*1-3-4-2;;;/h3*3H,4H2,1-2H3;;;/q3*-1;;;. The molecule has 3 heteroatoms. The zero-order valence-corrected chi connectivity index (χ0v) is 20.1. The van der Waals surface area contributed by atoms with Gasteiger partial charge in [-0.2, -0.15) is 40.0 Å². The van der Waals surface area contributed by atoms with Crippen molar-refractivity contribution in [2.45, 2.75) is 60.8 Å². The van der Waals surface area contributed by atoms with Gasteiger partial charge in [0.05, 0.1) is 0 Å². The Hall–Kier alpha value is 3.31. The van der Waals surface area contributed by atoms with Gasteiger partial charge in [-0.25, -0.2) is 0 Å². The SMILES string of the molecule is C[CH-]CC.C[CH-]CC.C[CH-]CC.[Y].[Y].[Y]. The van der Waals surface area contributed by atoms with E-state index in [1.165, 1.54) is 19.3 Å². The summed E-state index contributed by atoms with van der Waals surface area (Å²) < 4.78 is 0. The third-order valence-corrected chi connectivity index (χ3v) is 1.22. The molecule has 3 radical (unpaired) electrons. The van der Waals surface area contributed by atoms with Crippen molar-refractivity contribution in [1.29, 1.82) is 0 Å². The molecule has 0 aliphatic heterocycles. The van der Waals surface area contributed by atoms with Gasteiger partial charge >= 0.3 is 0 Å². The first kappa shape index (κ1) is 36.2. The van der Waals surface area contributed by atoms with Crippen LogP contribution < -0.4 is 0 Å². The summed E-state index contributed by atoms with van der Waals surface area (Å²) in [5.74, 6) is 0. The maximum absolute atomic E-state index is 2.12. The van der Waals surface area contributed by atoms with E-state index < -0.39 is 0 Å². The Morgan fingerprint density at radius 1 is 0.533 bits per heavy atom. The molecule has 0 fully saturated rings. The molecule has 0 aromatic rings. The number of hydrogen-bond acceptors (Lipinski definition) is 0. The second kappa shape index (κ2) is 53.1. The van der Waals surface area contributed by atoms with Gasteiger partial charge in [0.2, 0.25) is 0 Å². The van der Waals surface area contributed by atoms with Crippen LogP contribution in [0.15, 0.2) is 0 Å². The molecule has 0 N–H and O–H groups in total. The Labute approximate surface area is 175 Å². The summed E-state index contributed by atoms with van der Waals surface area (Å²) in [6.07, 6.45) is 9.96. The van der Waals surface area contributed by atoms with E-state index in [2.05, 4.69) is 60.8 Å². The monoisotopic (exact) mass is 438 g/mol. The molecule has 0 amide bonds. The summed E-state index contributed by atoms with van der Waals surface area (Å²) in [6, 6.07) is 0. The van der Waals surface area contributed by atoms with Crippen molar-refractivity contribution in [2.75, 3.05) is 0 Å². The van der Waals surface area contributed by atoms with Crippen molar-refractivity contribution in [3.8, 4) is 0 Å². The minimum atomic E-state index is 0. The molecule has 0 nitrogen and oxygen atoms in total. The summed E-state index contributed by atoms with van der Waals surface area (Å²) in [5.41, 5.74) is 0. The zero-order valence-electron chi connectivity index (χ0n) is 11.6. The van der Waals surface area contributed by atoms with Gasteiger partial charge in [0.15, 0.2) is 0 Å². The first-order valence-corrected chi connectivity index (χ1v) is 5.08. The maximum Gasteiger partial charge on any atom is 0 e. The fourth-order valence-corrected chi connectivity index (χ4v) is 0. The van der Waals surface area contributed by atoms with Gasteiger partial charge in [0, 0.05) is 98.1 Å². The second-order valence-corrected chi connectivity index (χ2v) is 2.45. The minimum absolute atomic E-state index is 0. The predicted molar refractivity (Wildman–Crippen MR) is 60.8 cm³/mol. The van der Waals surface area contributed by atoms with Gasteiger partial charge in [0.25, 0.3) is 0 Å². The molecule has 0 spiro atoms. The Balaban J connectivity index is -0.0000000184. The number of unbranched alkanes of at least 4 members (excludes halogenated alkanes) is 3. The van der Waals surface area contributed by atoms with Crippen molar-refractivity contribution in [3.63, 3.8) is 0 Å². The van der Waals surface area contributed by atoms with E-state index in [1.807, 2.05) is 0 Å². The first-order chi connectivity index (χ1) is 5.74. The van der Waals surface area contributed by atoms with E-state index in [-0.39, 0.29) is 98.1 Å². The van der Waals surface area contributed by atoms with Crippen molar-refractivity contribution >= 4 is 0 Å². The van der Waals surface area contributed by atoms with Crippen LogP contribution in [0.3, 0.4) is 0 Å². The fraction of sp³-hybridized carbons (Fsp3) is 0.750. The van der Waals surface area contributed by atoms with Crippen LogP contribution >= 0.6 is 0 Å².